The lowest BCUT2D eigenvalue weighted by molar-refractivity contribution is -0.143. The van der Waals surface area contributed by atoms with E-state index in [-0.39, 0.29) is 92.2 Å². The highest BCUT2D eigenvalue weighted by molar-refractivity contribution is 14.1. The molecular formula is C59H52I4O14. The van der Waals surface area contributed by atoms with Crippen LogP contribution in [-0.2, 0) is 25.6 Å². The molecule has 0 bridgehead atoms. The minimum absolute atomic E-state index is 0.0130. The Bertz CT molecular complexity index is 3650. The van der Waals surface area contributed by atoms with E-state index in [2.05, 4.69) is 45.2 Å². The van der Waals surface area contributed by atoms with E-state index in [1.807, 2.05) is 66.0 Å². The van der Waals surface area contributed by atoms with Gasteiger partial charge < -0.3 is 48.8 Å². The quantitative estimate of drug-likeness (QED) is 0.0273. The highest BCUT2D eigenvalue weighted by Gasteiger charge is 2.41. The normalized spacial score (nSPS) is 14.7. The van der Waals surface area contributed by atoms with Crippen LogP contribution in [0.3, 0.4) is 0 Å². The molecule has 0 saturated heterocycles. The summed E-state index contributed by atoms with van der Waals surface area (Å²) in [5.74, 6) is -2.00. The standard InChI is InChI=1S/C59H52I4O14/c1-7-56(5,60)52(68)74-46-22-16-34(39-20-18-36(65)28-42(39)46)31-58(62,9-3)54(70)75-45-13-11-12-41-40(45)21-23-49(51(41)67)72-38-29-43-47(24-25-48(50(43)44(66)30-38)76-53(69)57(6,61)8-2)77-59(63,10-4)55(71)73-37-19-15-32-26-35(64)17-14-33(32)27-37/h11-30,64-67H,7-10,31H2,1-6H3. The summed E-state index contributed by atoms with van der Waals surface area (Å²) >= 11 is 8.07. The van der Waals surface area contributed by atoms with Crippen molar-refractivity contribution in [3.63, 3.8) is 0 Å². The highest BCUT2D eigenvalue weighted by Crippen LogP contribution is 2.48. The first-order chi connectivity index (χ1) is 36.4. The third kappa shape index (κ3) is 12.2. The molecule has 4 unspecified atom stereocenters. The van der Waals surface area contributed by atoms with Gasteiger partial charge in [0.15, 0.2) is 11.5 Å². The maximum atomic E-state index is 14.3. The molecule has 0 aliphatic carbocycles. The summed E-state index contributed by atoms with van der Waals surface area (Å²) in [7, 11) is 0. The van der Waals surface area contributed by atoms with Crippen molar-refractivity contribution in [1.82, 2.24) is 0 Å². The van der Waals surface area contributed by atoms with E-state index in [9.17, 15) is 39.6 Å². The summed E-state index contributed by atoms with van der Waals surface area (Å²) in [5, 5.41) is 47.6. The molecule has 0 aromatic heterocycles. The van der Waals surface area contributed by atoms with Crippen molar-refractivity contribution in [3.8, 4) is 63.2 Å². The molecule has 0 fully saturated rings. The Morgan fingerprint density at radius 2 is 1.05 bits per heavy atom. The molecule has 77 heavy (non-hydrogen) atoms. The number of phenolic OH excluding ortho intramolecular Hbond substituents is 4. The average Bonchev–Trinajstić information content (AvgIpc) is 3.46. The zero-order chi connectivity index (χ0) is 55.8. The van der Waals surface area contributed by atoms with E-state index >= 15 is 0 Å². The number of esters is 4. The Labute approximate surface area is 498 Å². The molecule has 0 amide bonds. The number of halogens is 4. The Hall–Kier alpha value is -5.60. The molecule has 0 aliphatic rings. The number of benzene rings is 8. The number of fused-ring (bicyclic) bond motifs is 4. The third-order valence-corrected chi connectivity index (χ3v) is 18.9. The van der Waals surface area contributed by atoms with Gasteiger partial charge in [0.1, 0.15) is 62.0 Å². The fourth-order valence-corrected chi connectivity index (χ4v) is 9.33. The average molecular weight is 1490 g/mol. The van der Waals surface area contributed by atoms with Gasteiger partial charge in [-0.25, -0.2) is 4.79 Å². The molecule has 0 radical (unpaired) electrons. The van der Waals surface area contributed by atoms with Gasteiger partial charge in [0, 0.05) is 34.0 Å². The molecule has 400 valence electrons. The van der Waals surface area contributed by atoms with E-state index in [4.69, 9.17) is 28.4 Å². The Morgan fingerprint density at radius 3 is 1.74 bits per heavy atom. The lowest BCUT2D eigenvalue weighted by Gasteiger charge is -2.27. The number of phenols is 4. The van der Waals surface area contributed by atoms with Crippen molar-refractivity contribution in [2.45, 2.75) is 87.5 Å². The molecule has 4 atom stereocenters. The first-order valence-corrected chi connectivity index (χ1v) is 28.8. The van der Waals surface area contributed by atoms with Gasteiger partial charge in [-0.1, -0.05) is 132 Å². The first-order valence-electron chi connectivity index (χ1n) is 24.5. The molecule has 8 aromatic rings. The Balaban J connectivity index is 1.09. The van der Waals surface area contributed by atoms with Gasteiger partial charge in [-0.15, -0.1) is 0 Å². The summed E-state index contributed by atoms with van der Waals surface area (Å²) in [6.07, 6.45) is 1.73. The highest BCUT2D eigenvalue weighted by atomic mass is 127. The van der Waals surface area contributed by atoms with Crippen LogP contribution in [0.5, 0.6) is 63.2 Å². The van der Waals surface area contributed by atoms with E-state index in [1.54, 1.807) is 93.6 Å². The van der Waals surface area contributed by atoms with Gasteiger partial charge >= 0.3 is 23.9 Å². The second-order valence-electron chi connectivity index (χ2n) is 18.8. The zero-order valence-corrected chi connectivity index (χ0v) is 51.1. The van der Waals surface area contributed by atoms with Gasteiger partial charge in [0.05, 0.1) is 5.39 Å². The number of hydrogen-bond donors (Lipinski definition) is 4. The molecule has 0 aliphatic heterocycles. The number of carbonyl (C=O) groups excluding carboxylic acids is 4. The second kappa shape index (κ2) is 23.0. The summed E-state index contributed by atoms with van der Waals surface area (Å²) < 4.78 is 32.2. The lowest BCUT2D eigenvalue weighted by Crippen LogP contribution is -2.40. The van der Waals surface area contributed by atoms with E-state index in [1.165, 1.54) is 48.5 Å². The fraction of sp³-hybridized carbons (Fsp3) is 0.254. The maximum Gasteiger partial charge on any atom is 0.366 e. The van der Waals surface area contributed by atoms with Crippen molar-refractivity contribution in [2.75, 3.05) is 0 Å². The van der Waals surface area contributed by atoms with Crippen LogP contribution >= 0.6 is 90.4 Å². The van der Waals surface area contributed by atoms with Crippen LogP contribution in [0.15, 0.2) is 121 Å². The van der Waals surface area contributed by atoms with Crippen LogP contribution in [0.1, 0.15) is 72.8 Å². The minimum Gasteiger partial charge on any atom is -0.508 e. The number of alkyl halides is 4. The molecule has 0 spiro atoms. The summed E-state index contributed by atoms with van der Waals surface area (Å²) in [4.78, 5) is 54.8. The molecule has 4 N–H and O–H groups in total. The van der Waals surface area contributed by atoms with Gasteiger partial charge in [0.2, 0.25) is 0 Å². The molecule has 0 saturated carbocycles. The molecule has 8 aromatic carbocycles. The number of rotatable bonds is 18. The van der Waals surface area contributed by atoms with Gasteiger partial charge in [-0.3, -0.25) is 14.4 Å². The monoisotopic (exact) mass is 1490 g/mol. The zero-order valence-electron chi connectivity index (χ0n) is 42.5. The largest absolute Gasteiger partial charge is 0.508 e. The van der Waals surface area contributed by atoms with Gasteiger partial charge in [-0.2, -0.15) is 0 Å². The van der Waals surface area contributed by atoms with Gasteiger partial charge in [0.25, 0.3) is 3.61 Å². The number of hydrogen-bond acceptors (Lipinski definition) is 14. The first kappa shape index (κ1) is 57.6. The fourth-order valence-electron chi connectivity index (χ4n) is 8.24. The number of aromatic hydroxyl groups is 4. The van der Waals surface area contributed by atoms with Crippen LogP contribution in [-0.4, -0.2) is 58.2 Å². The predicted molar refractivity (Wildman–Crippen MR) is 329 cm³/mol. The molecule has 14 nitrogen and oxygen atoms in total. The SMILES string of the molecule is CCC(C)(I)C(=O)Oc1ccc(CC(I)(CC)C(=O)Oc2cccc3c(O)c(Oc4cc(O)c5c(OC(=O)C(C)(I)CC)ccc(OC(I)(CC)C(=O)Oc6ccc7cc(O)ccc7c6)c5c4)ccc23)c2ccc(O)cc12. The van der Waals surface area contributed by atoms with E-state index in [0.29, 0.717) is 35.4 Å². The van der Waals surface area contributed by atoms with Crippen molar-refractivity contribution < 1.29 is 68.0 Å². The van der Waals surface area contributed by atoms with Crippen LogP contribution in [0.25, 0.3) is 43.1 Å². The molecule has 18 heteroatoms. The maximum absolute atomic E-state index is 14.3. The van der Waals surface area contributed by atoms with Gasteiger partial charge in [-0.05, 0) is 163 Å². The Morgan fingerprint density at radius 1 is 0.468 bits per heavy atom. The minimum atomic E-state index is -1.62. The molecular weight excluding hydrogens is 1440 g/mol. The van der Waals surface area contributed by atoms with Crippen LogP contribution in [0.4, 0.5) is 0 Å². The summed E-state index contributed by atoms with van der Waals surface area (Å²) in [5.41, 5.74) is 0.760. The topological polar surface area (TPSA) is 205 Å². The smallest absolute Gasteiger partial charge is 0.366 e. The van der Waals surface area contributed by atoms with Crippen molar-refractivity contribution in [1.29, 1.82) is 0 Å². The number of ether oxygens (including phenoxy) is 6. The summed E-state index contributed by atoms with van der Waals surface area (Å²) in [6.45, 7) is 10.9. The van der Waals surface area contributed by atoms with Crippen LogP contribution < -0.4 is 28.4 Å². The van der Waals surface area contributed by atoms with Crippen molar-refractivity contribution in [3.05, 3.63) is 127 Å². The van der Waals surface area contributed by atoms with E-state index in [0.717, 1.165) is 16.3 Å². The van der Waals surface area contributed by atoms with Crippen LogP contribution in [0, 0.1) is 0 Å². The predicted octanol–water partition coefficient (Wildman–Crippen LogP) is 15.2. The number of carbonyl (C=O) groups is 4. The second-order valence-corrected chi connectivity index (χ2v) is 27.3. The third-order valence-electron chi connectivity index (χ3n) is 13.4. The van der Waals surface area contributed by atoms with Crippen LogP contribution in [0.2, 0.25) is 0 Å². The summed E-state index contributed by atoms with van der Waals surface area (Å²) in [6, 6.07) is 31.9. The van der Waals surface area contributed by atoms with Crippen molar-refractivity contribution in [2.24, 2.45) is 0 Å². The molecule has 8 rings (SSSR count). The lowest BCUT2D eigenvalue weighted by atomic mass is 9.92. The van der Waals surface area contributed by atoms with E-state index < -0.39 is 37.8 Å². The Kier molecular flexibility index (Phi) is 17.2. The molecule has 0 heterocycles. The van der Waals surface area contributed by atoms with Crippen molar-refractivity contribution >= 4 is 157 Å².